The molecule has 18 heavy (non-hydrogen) atoms. The molecule has 1 aromatic heterocycles. The highest BCUT2D eigenvalue weighted by atomic mass is 79.9. The van der Waals surface area contributed by atoms with Gasteiger partial charge in [0, 0.05) is 11.9 Å². The van der Waals surface area contributed by atoms with Crippen LogP contribution in [0.1, 0.15) is 20.8 Å². The van der Waals surface area contributed by atoms with Crippen LogP contribution in [0.15, 0.2) is 36.4 Å². The van der Waals surface area contributed by atoms with Crippen LogP contribution in [0.25, 0.3) is 0 Å². The zero-order valence-corrected chi connectivity index (χ0v) is 12.6. The Hall–Kier alpha value is -0.840. The normalized spacial score (nSPS) is 10.3. The number of carbonyl (C=O) groups is 1. The van der Waals surface area contributed by atoms with Crippen LogP contribution in [0.2, 0.25) is 4.34 Å². The summed E-state index contributed by atoms with van der Waals surface area (Å²) in [4.78, 5) is 12.4. The van der Waals surface area contributed by atoms with Crippen molar-refractivity contribution in [2.75, 3.05) is 0 Å². The van der Waals surface area contributed by atoms with Gasteiger partial charge in [-0.15, -0.1) is 11.3 Å². The van der Waals surface area contributed by atoms with Crippen LogP contribution in [0.3, 0.4) is 0 Å². The molecule has 0 spiro atoms. The molecule has 2 nitrogen and oxygen atoms in total. The molecule has 0 saturated carbocycles. The summed E-state index contributed by atoms with van der Waals surface area (Å²) < 4.78 is 0.627. The van der Waals surface area contributed by atoms with E-state index in [2.05, 4.69) is 21.2 Å². The van der Waals surface area contributed by atoms with Gasteiger partial charge in [-0.2, -0.15) is 0 Å². The molecule has 5 heteroatoms. The first-order valence-electron chi connectivity index (χ1n) is 5.36. The molecule has 2 aromatic rings. The van der Waals surface area contributed by atoms with E-state index in [1.807, 2.05) is 24.3 Å². The van der Waals surface area contributed by atoms with Gasteiger partial charge in [-0.25, -0.2) is 0 Å². The van der Waals surface area contributed by atoms with Crippen molar-refractivity contribution in [3.8, 4) is 0 Å². The fourth-order valence-electron chi connectivity index (χ4n) is 1.45. The number of carbonyl (C=O) groups excluding carboxylic acids is 1. The van der Waals surface area contributed by atoms with Gasteiger partial charge in [0.25, 0.3) is 5.91 Å². The maximum Gasteiger partial charge on any atom is 0.261 e. The smallest absolute Gasteiger partial charge is 0.261 e. The minimum Gasteiger partial charge on any atom is -0.347 e. The number of benzene rings is 1. The second-order valence-electron chi connectivity index (χ2n) is 3.74. The second-order valence-corrected chi connectivity index (χ2v) is 6.01. The lowest BCUT2D eigenvalue weighted by molar-refractivity contribution is 0.0955. The van der Waals surface area contributed by atoms with Crippen molar-refractivity contribution in [3.05, 3.63) is 56.7 Å². The molecule has 1 aromatic carbocycles. The molecule has 1 amide bonds. The standard InChI is InChI=1S/C13H11BrClNOS/c14-7-9-1-3-10(4-2-9)8-16-13(17)11-5-6-12(15)18-11/h1-6H,7-8H2,(H,16,17). The fraction of sp³-hybridized carbons (Fsp3) is 0.154. The van der Waals surface area contributed by atoms with Crippen molar-refractivity contribution >= 4 is 44.8 Å². The number of halogens is 2. The Kier molecular flexibility index (Phi) is 4.80. The highest BCUT2D eigenvalue weighted by molar-refractivity contribution is 9.08. The van der Waals surface area contributed by atoms with Crippen molar-refractivity contribution < 1.29 is 4.79 Å². The average Bonchev–Trinajstić information content (AvgIpc) is 2.83. The summed E-state index contributed by atoms with van der Waals surface area (Å²) in [5.74, 6) is -0.0866. The summed E-state index contributed by atoms with van der Waals surface area (Å²) in [5.41, 5.74) is 2.30. The fourth-order valence-corrected chi connectivity index (χ4v) is 2.79. The van der Waals surface area contributed by atoms with Crippen molar-refractivity contribution in [1.82, 2.24) is 5.32 Å². The number of alkyl halides is 1. The van der Waals surface area contributed by atoms with Crippen LogP contribution in [0.5, 0.6) is 0 Å². The van der Waals surface area contributed by atoms with Crippen LogP contribution in [-0.2, 0) is 11.9 Å². The maximum atomic E-state index is 11.8. The lowest BCUT2D eigenvalue weighted by Crippen LogP contribution is -2.21. The zero-order chi connectivity index (χ0) is 13.0. The first-order chi connectivity index (χ1) is 8.69. The Morgan fingerprint density at radius 1 is 1.17 bits per heavy atom. The first-order valence-corrected chi connectivity index (χ1v) is 7.68. The molecule has 0 fully saturated rings. The van der Waals surface area contributed by atoms with E-state index in [0.29, 0.717) is 15.8 Å². The third kappa shape index (κ3) is 3.57. The SMILES string of the molecule is O=C(NCc1ccc(CBr)cc1)c1ccc(Cl)s1. The largest absolute Gasteiger partial charge is 0.347 e. The Morgan fingerprint density at radius 3 is 2.39 bits per heavy atom. The lowest BCUT2D eigenvalue weighted by atomic mass is 10.1. The zero-order valence-electron chi connectivity index (χ0n) is 9.45. The molecule has 0 aliphatic carbocycles. The Balaban J connectivity index is 1.92. The summed E-state index contributed by atoms with van der Waals surface area (Å²) in [6, 6.07) is 11.6. The molecule has 0 aliphatic rings. The van der Waals surface area contributed by atoms with Gasteiger partial charge < -0.3 is 5.32 Å². The molecule has 1 heterocycles. The molecule has 0 atom stereocenters. The molecule has 0 saturated heterocycles. The van der Waals surface area contributed by atoms with Gasteiger partial charge in [0.05, 0.1) is 9.21 Å². The van der Waals surface area contributed by atoms with Crippen molar-refractivity contribution in [2.24, 2.45) is 0 Å². The number of rotatable bonds is 4. The van der Waals surface area contributed by atoms with E-state index < -0.39 is 0 Å². The summed E-state index contributed by atoms with van der Waals surface area (Å²) >= 11 is 10.5. The summed E-state index contributed by atoms with van der Waals surface area (Å²) in [6.45, 7) is 0.525. The number of nitrogens with one attached hydrogen (secondary N) is 1. The van der Waals surface area contributed by atoms with Crippen LogP contribution < -0.4 is 5.32 Å². The van der Waals surface area contributed by atoms with Gasteiger partial charge in [0.2, 0.25) is 0 Å². The van der Waals surface area contributed by atoms with E-state index >= 15 is 0 Å². The molecular formula is C13H11BrClNOS. The summed E-state index contributed by atoms with van der Waals surface area (Å²) in [5, 5.41) is 3.71. The summed E-state index contributed by atoms with van der Waals surface area (Å²) in [6.07, 6.45) is 0. The van der Waals surface area contributed by atoms with Crippen molar-refractivity contribution in [3.63, 3.8) is 0 Å². The average molecular weight is 345 g/mol. The Bertz CT molecular complexity index is 538. The third-order valence-electron chi connectivity index (χ3n) is 2.43. The van der Waals surface area contributed by atoms with Crippen molar-refractivity contribution in [2.45, 2.75) is 11.9 Å². The predicted molar refractivity (Wildman–Crippen MR) is 79.6 cm³/mol. The van der Waals surface area contributed by atoms with Gasteiger partial charge in [-0.1, -0.05) is 51.8 Å². The van der Waals surface area contributed by atoms with Crippen LogP contribution in [0.4, 0.5) is 0 Å². The molecule has 0 bridgehead atoms. The van der Waals surface area contributed by atoms with E-state index in [-0.39, 0.29) is 5.91 Å². The van der Waals surface area contributed by atoms with E-state index in [1.165, 1.54) is 16.9 Å². The molecule has 0 aliphatic heterocycles. The van der Waals surface area contributed by atoms with E-state index in [4.69, 9.17) is 11.6 Å². The van der Waals surface area contributed by atoms with Crippen LogP contribution in [0, 0.1) is 0 Å². The third-order valence-corrected chi connectivity index (χ3v) is 4.30. The maximum absolute atomic E-state index is 11.8. The highest BCUT2D eigenvalue weighted by Crippen LogP contribution is 2.21. The van der Waals surface area contributed by atoms with Crippen molar-refractivity contribution in [1.29, 1.82) is 0 Å². The van der Waals surface area contributed by atoms with E-state index in [0.717, 1.165) is 10.9 Å². The highest BCUT2D eigenvalue weighted by Gasteiger charge is 2.07. The van der Waals surface area contributed by atoms with Gasteiger partial charge in [0.15, 0.2) is 0 Å². The Morgan fingerprint density at radius 2 is 1.83 bits per heavy atom. The first kappa shape index (κ1) is 13.6. The minimum absolute atomic E-state index is 0.0866. The van der Waals surface area contributed by atoms with E-state index in [1.54, 1.807) is 12.1 Å². The number of thiophene rings is 1. The van der Waals surface area contributed by atoms with Gasteiger partial charge in [0.1, 0.15) is 0 Å². The Labute approximate surface area is 123 Å². The minimum atomic E-state index is -0.0866. The topological polar surface area (TPSA) is 29.1 Å². The molecule has 1 N–H and O–H groups in total. The molecule has 2 rings (SSSR count). The van der Waals surface area contributed by atoms with Crippen LogP contribution >= 0.6 is 38.9 Å². The number of amides is 1. The quantitative estimate of drug-likeness (QED) is 0.826. The number of hydrogen-bond donors (Lipinski definition) is 1. The van der Waals surface area contributed by atoms with Gasteiger partial charge in [-0.3, -0.25) is 4.79 Å². The summed E-state index contributed by atoms with van der Waals surface area (Å²) in [7, 11) is 0. The van der Waals surface area contributed by atoms with E-state index in [9.17, 15) is 4.79 Å². The van der Waals surface area contributed by atoms with Crippen LogP contribution in [-0.4, -0.2) is 5.91 Å². The molecule has 0 unspecified atom stereocenters. The van der Waals surface area contributed by atoms with Gasteiger partial charge in [-0.05, 0) is 23.3 Å². The second kappa shape index (κ2) is 6.36. The lowest BCUT2D eigenvalue weighted by Gasteiger charge is -2.04. The van der Waals surface area contributed by atoms with Gasteiger partial charge >= 0.3 is 0 Å². The molecule has 94 valence electrons. The molecular weight excluding hydrogens is 334 g/mol. The monoisotopic (exact) mass is 343 g/mol. The number of hydrogen-bond acceptors (Lipinski definition) is 2. The predicted octanol–water partition coefficient (Wildman–Crippen LogP) is 4.23. The molecule has 0 radical (unpaired) electrons.